The van der Waals surface area contributed by atoms with E-state index in [1.165, 1.54) is 17.0 Å². The number of nitrogens with zero attached hydrogens (tertiary/aromatic N) is 2. The summed E-state index contributed by atoms with van der Waals surface area (Å²) in [6, 6.07) is 14.0. The van der Waals surface area contributed by atoms with E-state index in [0.717, 1.165) is 36.8 Å². The van der Waals surface area contributed by atoms with Crippen LogP contribution in [0.5, 0.6) is 0 Å². The fraction of sp³-hybridized carbons (Fsp3) is 0.500. The lowest BCUT2D eigenvalue weighted by Gasteiger charge is -2.31. The third kappa shape index (κ3) is 8.47. The number of amides is 2. The first-order valence-electron chi connectivity index (χ1n) is 12.9. The minimum absolute atomic E-state index is 0.101. The van der Waals surface area contributed by atoms with E-state index >= 15 is 0 Å². The van der Waals surface area contributed by atoms with Gasteiger partial charge in [-0.25, -0.2) is 8.42 Å². The lowest BCUT2D eigenvalue weighted by atomic mass is 9.95. The van der Waals surface area contributed by atoms with Crippen molar-refractivity contribution < 1.29 is 18.0 Å². The molecule has 202 valence electrons. The highest BCUT2D eigenvalue weighted by Crippen LogP contribution is 2.23. The fourth-order valence-corrected chi connectivity index (χ4v) is 5.90. The molecule has 1 aliphatic rings. The maximum Gasteiger partial charge on any atom is 0.242 e. The summed E-state index contributed by atoms with van der Waals surface area (Å²) in [7, 11) is -3.53. The number of hydrogen-bond donors (Lipinski definition) is 1. The molecule has 2 amide bonds. The minimum Gasteiger partial charge on any atom is -0.352 e. The van der Waals surface area contributed by atoms with Crippen molar-refractivity contribution in [2.45, 2.75) is 77.4 Å². The molecule has 3 rings (SSSR count). The molecule has 0 saturated heterocycles. The van der Waals surface area contributed by atoms with Crippen LogP contribution in [0.2, 0.25) is 5.02 Å². The summed E-state index contributed by atoms with van der Waals surface area (Å²) in [5.41, 5.74) is 2.28. The van der Waals surface area contributed by atoms with Crippen LogP contribution in [0.3, 0.4) is 0 Å². The predicted octanol–water partition coefficient (Wildman–Crippen LogP) is 5.06. The lowest BCUT2D eigenvalue weighted by molar-refractivity contribution is -0.141. The van der Waals surface area contributed by atoms with Crippen LogP contribution in [0.25, 0.3) is 0 Å². The molecule has 1 fully saturated rings. The van der Waals surface area contributed by atoms with Crippen molar-refractivity contribution >= 4 is 39.1 Å². The van der Waals surface area contributed by atoms with E-state index in [1.807, 2.05) is 43.3 Å². The number of halogens is 1. The summed E-state index contributed by atoms with van der Waals surface area (Å²) in [6.45, 7) is 4.00. The molecule has 0 aromatic heterocycles. The van der Waals surface area contributed by atoms with Crippen molar-refractivity contribution in [3.63, 3.8) is 0 Å². The van der Waals surface area contributed by atoms with E-state index in [0.29, 0.717) is 17.1 Å². The molecule has 9 heteroatoms. The molecule has 1 aliphatic carbocycles. The number of carbonyl (C=O) groups is 2. The first-order chi connectivity index (χ1) is 17.6. The van der Waals surface area contributed by atoms with Gasteiger partial charge in [0.05, 0.1) is 11.9 Å². The molecule has 7 nitrogen and oxygen atoms in total. The monoisotopic (exact) mass is 547 g/mol. The summed E-state index contributed by atoms with van der Waals surface area (Å²) in [4.78, 5) is 28.1. The quantitative estimate of drug-likeness (QED) is 0.426. The summed E-state index contributed by atoms with van der Waals surface area (Å²) >= 11 is 6.38. The third-order valence-corrected chi connectivity index (χ3v) is 8.42. The molecular weight excluding hydrogens is 510 g/mol. The molecule has 2 aromatic rings. The van der Waals surface area contributed by atoms with Gasteiger partial charge in [0, 0.05) is 30.6 Å². The number of nitrogens with one attached hydrogen (secondary N) is 1. The average molecular weight is 548 g/mol. The number of aryl methyl sites for hydroxylation is 1. The number of carbonyl (C=O) groups excluding carboxylic acids is 2. The van der Waals surface area contributed by atoms with Gasteiger partial charge in [0.1, 0.15) is 6.04 Å². The summed E-state index contributed by atoms with van der Waals surface area (Å²) in [5, 5.41) is 3.65. The van der Waals surface area contributed by atoms with Crippen LogP contribution in [0.4, 0.5) is 5.69 Å². The van der Waals surface area contributed by atoms with E-state index in [1.54, 1.807) is 24.0 Å². The average Bonchev–Trinajstić information content (AvgIpc) is 2.85. The Balaban J connectivity index is 1.72. The van der Waals surface area contributed by atoms with Crippen LogP contribution in [0.1, 0.15) is 63.0 Å². The molecule has 0 spiro atoms. The molecule has 1 unspecified atom stereocenters. The highest BCUT2D eigenvalue weighted by Gasteiger charge is 2.29. The van der Waals surface area contributed by atoms with Gasteiger partial charge in [0.2, 0.25) is 21.8 Å². The smallest absolute Gasteiger partial charge is 0.242 e. The van der Waals surface area contributed by atoms with Gasteiger partial charge in [-0.3, -0.25) is 13.9 Å². The van der Waals surface area contributed by atoms with Crippen molar-refractivity contribution in [2.75, 3.05) is 17.1 Å². The predicted molar refractivity (Wildman–Crippen MR) is 149 cm³/mol. The Hall–Kier alpha value is -2.58. The zero-order valence-electron chi connectivity index (χ0n) is 22.0. The Morgan fingerprint density at radius 2 is 1.78 bits per heavy atom. The second-order valence-electron chi connectivity index (χ2n) is 9.91. The maximum absolute atomic E-state index is 13.5. The van der Waals surface area contributed by atoms with Crippen molar-refractivity contribution in [1.82, 2.24) is 10.2 Å². The van der Waals surface area contributed by atoms with Gasteiger partial charge in [-0.15, -0.1) is 0 Å². The molecule has 37 heavy (non-hydrogen) atoms. The van der Waals surface area contributed by atoms with Gasteiger partial charge in [-0.2, -0.15) is 0 Å². The highest BCUT2D eigenvalue weighted by molar-refractivity contribution is 7.92. The molecule has 0 aliphatic heterocycles. The number of hydrogen-bond acceptors (Lipinski definition) is 4. The number of benzene rings is 2. The normalized spacial score (nSPS) is 15.1. The summed E-state index contributed by atoms with van der Waals surface area (Å²) < 4.78 is 26.3. The molecule has 2 aromatic carbocycles. The SMILES string of the molecule is Cc1cccc(N(CCCC(=O)N(Cc2ccccc2Cl)C(C)C(=O)NC2CCCCC2)S(C)(=O)=O)c1. The Morgan fingerprint density at radius 1 is 1.08 bits per heavy atom. The molecule has 1 saturated carbocycles. The second kappa shape index (κ2) is 13.3. The Labute approximate surface area is 226 Å². The minimum atomic E-state index is -3.53. The van der Waals surface area contributed by atoms with Crippen molar-refractivity contribution in [1.29, 1.82) is 0 Å². The topological polar surface area (TPSA) is 86.8 Å². The Morgan fingerprint density at radius 3 is 2.43 bits per heavy atom. The number of sulfonamides is 1. The Kier molecular flexibility index (Phi) is 10.4. The van der Waals surface area contributed by atoms with Gasteiger partial charge in [-0.05, 0) is 62.4 Å². The Bertz CT molecular complexity index is 1180. The van der Waals surface area contributed by atoms with Crippen LogP contribution in [0.15, 0.2) is 48.5 Å². The molecule has 1 N–H and O–H groups in total. The van der Waals surface area contributed by atoms with Crippen LogP contribution in [-0.4, -0.2) is 50.0 Å². The number of rotatable bonds is 11. The van der Waals surface area contributed by atoms with Crippen LogP contribution >= 0.6 is 11.6 Å². The van der Waals surface area contributed by atoms with E-state index < -0.39 is 16.1 Å². The second-order valence-corrected chi connectivity index (χ2v) is 12.2. The molecular formula is C28H38ClN3O4S. The van der Waals surface area contributed by atoms with Gasteiger partial charge >= 0.3 is 0 Å². The zero-order chi connectivity index (χ0) is 27.0. The van der Waals surface area contributed by atoms with Crippen LogP contribution in [0, 0.1) is 6.92 Å². The van der Waals surface area contributed by atoms with Crippen LogP contribution in [-0.2, 0) is 26.2 Å². The summed E-state index contributed by atoms with van der Waals surface area (Å²) in [5.74, 6) is -0.395. The first kappa shape index (κ1) is 29.0. The van der Waals surface area contributed by atoms with Crippen molar-refractivity contribution in [3.8, 4) is 0 Å². The van der Waals surface area contributed by atoms with Crippen molar-refractivity contribution in [2.24, 2.45) is 0 Å². The van der Waals surface area contributed by atoms with Gasteiger partial charge in [0.25, 0.3) is 0 Å². The molecule has 1 atom stereocenters. The standard InChI is InChI=1S/C28H38ClN3O4S/c1-21-11-9-15-25(19-21)32(37(3,35)36)18-10-17-27(33)31(20-23-12-7-8-16-26(23)29)22(2)28(34)30-24-13-5-4-6-14-24/h7-9,11-12,15-16,19,22,24H,4-6,10,13-14,17-18,20H2,1-3H3,(H,30,34). The van der Waals surface area contributed by atoms with Gasteiger partial charge < -0.3 is 10.2 Å². The first-order valence-corrected chi connectivity index (χ1v) is 15.2. The van der Waals surface area contributed by atoms with E-state index in [4.69, 9.17) is 11.6 Å². The van der Waals surface area contributed by atoms with Crippen LogP contribution < -0.4 is 9.62 Å². The van der Waals surface area contributed by atoms with E-state index in [9.17, 15) is 18.0 Å². The largest absolute Gasteiger partial charge is 0.352 e. The highest BCUT2D eigenvalue weighted by atomic mass is 35.5. The molecule has 0 bridgehead atoms. The third-order valence-electron chi connectivity index (χ3n) is 6.86. The van der Waals surface area contributed by atoms with Gasteiger partial charge in [0.15, 0.2) is 0 Å². The lowest BCUT2D eigenvalue weighted by Crippen LogP contribution is -2.50. The molecule has 0 heterocycles. The van der Waals surface area contributed by atoms with E-state index in [2.05, 4.69) is 5.32 Å². The zero-order valence-corrected chi connectivity index (χ0v) is 23.5. The van der Waals surface area contributed by atoms with Crippen molar-refractivity contribution in [3.05, 3.63) is 64.7 Å². The molecule has 0 radical (unpaired) electrons. The van der Waals surface area contributed by atoms with Gasteiger partial charge in [-0.1, -0.05) is 61.2 Å². The summed E-state index contributed by atoms with van der Waals surface area (Å²) in [6.07, 6.45) is 6.87. The fourth-order valence-electron chi connectivity index (χ4n) is 4.75. The number of anilines is 1. The maximum atomic E-state index is 13.5. The van der Waals surface area contributed by atoms with E-state index in [-0.39, 0.29) is 37.4 Å².